The van der Waals surface area contributed by atoms with Crippen LogP contribution >= 0.6 is 0 Å². The third-order valence-corrected chi connectivity index (χ3v) is 0. The molecule has 0 amide bonds. The number of hydrogen-bond acceptors (Lipinski definition) is 2. The van der Waals surface area contributed by atoms with E-state index in [0.717, 1.165) is 0 Å². The predicted molar refractivity (Wildman–Crippen MR) is 40.0 cm³/mol. The Hall–Kier alpha value is 1.57. The Morgan fingerprint density at radius 2 is 0.727 bits per heavy atom. The molecule has 0 radical (unpaired) electrons. The standard InChI is InChI=1S/2C2H6OS.2ClH.Pt/c2*1-4(2)3;;;/h2*1-2H3;2*1H;/p-2. The smallest absolute Gasteiger partial charge is 0.0148 e. The zero-order valence-corrected chi connectivity index (χ0v) is 12.1. The molecule has 0 N–H and O–H groups in total. The zero-order chi connectivity index (χ0) is 7.15. The zero-order valence-electron chi connectivity index (χ0n) is 6.71. The van der Waals surface area contributed by atoms with Crippen LogP contribution in [0.5, 0.6) is 0 Å². The topological polar surface area (TPSA) is 34.1 Å². The van der Waals surface area contributed by atoms with Crippen molar-refractivity contribution in [3.63, 3.8) is 0 Å². The summed E-state index contributed by atoms with van der Waals surface area (Å²) in [6.45, 7) is 0. The molecular weight excluding hydrogens is 410 g/mol. The largest absolute Gasteiger partial charge is 1.00 e. The van der Waals surface area contributed by atoms with Gasteiger partial charge in [0.2, 0.25) is 0 Å². The van der Waals surface area contributed by atoms with Gasteiger partial charge in [-0.2, -0.15) is 0 Å². The monoisotopic (exact) mass is 421 g/mol. The van der Waals surface area contributed by atoms with Crippen molar-refractivity contribution < 1.29 is 54.3 Å². The average Bonchev–Trinajstić information content (AvgIpc) is 1.25. The second-order valence-electron chi connectivity index (χ2n) is 1.48. The van der Waals surface area contributed by atoms with Gasteiger partial charge < -0.3 is 24.8 Å². The van der Waals surface area contributed by atoms with Crippen molar-refractivity contribution in [3.05, 3.63) is 0 Å². The van der Waals surface area contributed by atoms with E-state index in [9.17, 15) is 8.42 Å². The van der Waals surface area contributed by atoms with Crippen molar-refractivity contribution in [2.75, 3.05) is 25.0 Å². The molecule has 0 saturated heterocycles. The van der Waals surface area contributed by atoms with E-state index in [4.69, 9.17) is 0 Å². The molecule has 0 aromatic rings. The fraction of sp³-hybridized carbons (Fsp3) is 1.00. The van der Waals surface area contributed by atoms with Crippen LogP contribution in [0, 0.1) is 0 Å². The number of rotatable bonds is 0. The van der Waals surface area contributed by atoms with Crippen molar-refractivity contribution in [2.45, 2.75) is 0 Å². The van der Waals surface area contributed by atoms with Crippen LogP contribution in [0.25, 0.3) is 0 Å². The minimum atomic E-state index is -0.611. The maximum absolute atomic E-state index is 9.56. The summed E-state index contributed by atoms with van der Waals surface area (Å²) in [5, 5.41) is 0. The molecule has 0 unspecified atom stereocenters. The summed E-state index contributed by atoms with van der Waals surface area (Å²) in [6.07, 6.45) is 6.56. The van der Waals surface area contributed by atoms with Crippen LogP contribution < -0.4 is 24.8 Å². The first-order chi connectivity index (χ1) is 3.46. The molecule has 0 aromatic carbocycles. The molecule has 0 saturated carbocycles. The second-order valence-corrected chi connectivity index (χ2v) is 4.45. The van der Waals surface area contributed by atoms with Crippen molar-refractivity contribution in [3.8, 4) is 0 Å². The Bertz CT molecular complexity index is 82.1. The molecule has 0 aromatic heterocycles. The molecule has 0 aliphatic rings. The predicted octanol–water partition coefficient (Wildman–Crippen LogP) is -6.01. The number of halogens is 2. The maximum atomic E-state index is 9.56. The van der Waals surface area contributed by atoms with Crippen LogP contribution in [0.15, 0.2) is 0 Å². The van der Waals surface area contributed by atoms with Crippen LogP contribution in [0.2, 0.25) is 0 Å². The number of hydrogen-bond donors (Lipinski definition) is 0. The SMILES string of the molecule is CS(C)=O.CS(C)=O.[Cl-].[Cl-].[Pt]. The van der Waals surface area contributed by atoms with Gasteiger partial charge in [0.05, 0.1) is 0 Å². The van der Waals surface area contributed by atoms with Crippen molar-refractivity contribution in [2.24, 2.45) is 0 Å². The average molecular weight is 422 g/mol. The van der Waals surface area contributed by atoms with Gasteiger partial charge in [-0.25, -0.2) is 0 Å². The van der Waals surface area contributed by atoms with E-state index in [1.54, 1.807) is 25.0 Å². The molecule has 0 heterocycles. The van der Waals surface area contributed by atoms with Crippen LogP contribution in [-0.2, 0) is 42.7 Å². The van der Waals surface area contributed by atoms with Gasteiger partial charge in [-0.1, -0.05) is 0 Å². The third kappa shape index (κ3) is 431. The van der Waals surface area contributed by atoms with Crippen LogP contribution in [0.4, 0.5) is 0 Å². The molecule has 0 rings (SSSR count). The minimum absolute atomic E-state index is 0. The first kappa shape index (κ1) is 29.4. The van der Waals surface area contributed by atoms with Crippen molar-refractivity contribution in [1.82, 2.24) is 0 Å². The molecule has 7 heteroatoms. The fourth-order valence-corrected chi connectivity index (χ4v) is 0. The van der Waals surface area contributed by atoms with Gasteiger partial charge in [0.15, 0.2) is 0 Å². The Balaban J connectivity index is -0.0000000171. The summed E-state index contributed by atoms with van der Waals surface area (Å²) in [5.41, 5.74) is 0. The van der Waals surface area contributed by atoms with E-state index in [-0.39, 0.29) is 45.9 Å². The maximum Gasteiger partial charge on any atom is 0.0148 e. The molecule has 0 aliphatic heterocycles. The van der Waals surface area contributed by atoms with E-state index in [2.05, 4.69) is 0 Å². The van der Waals surface area contributed by atoms with Gasteiger partial charge in [-0.15, -0.1) is 0 Å². The third-order valence-electron chi connectivity index (χ3n) is 0. The van der Waals surface area contributed by atoms with Gasteiger partial charge in [0.25, 0.3) is 0 Å². The molecule has 2 nitrogen and oxygen atoms in total. The van der Waals surface area contributed by atoms with E-state index < -0.39 is 21.6 Å². The van der Waals surface area contributed by atoms with Gasteiger partial charge in [0.1, 0.15) is 0 Å². The fourth-order valence-electron chi connectivity index (χ4n) is 0. The molecule has 78 valence electrons. The molecule has 0 bridgehead atoms. The quantitative estimate of drug-likeness (QED) is 0.390. The van der Waals surface area contributed by atoms with Gasteiger partial charge >= 0.3 is 0 Å². The van der Waals surface area contributed by atoms with Crippen LogP contribution in [0.3, 0.4) is 0 Å². The molecule has 0 aliphatic carbocycles. The molecule has 0 fully saturated rings. The molecule has 0 atom stereocenters. The van der Waals surface area contributed by atoms with Crippen molar-refractivity contribution >= 4 is 21.6 Å². The van der Waals surface area contributed by atoms with E-state index >= 15 is 0 Å². The van der Waals surface area contributed by atoms with Gasteiger partial charge in [-0.05, 0) is 0 Å². The Kier molecular flexibility index (Phi) is 60.2. The van der Waals surface area contributed by atoms with E-state index in [1.807, 2.05) is 0 Å². The Morgan fingerprint density at radius 1 is 0.727 bits per heavy atom. The molecule has 11 heavy (non-hydrogen) atoms. The van der Waals surface area contributed by atoms with Crippen LogP contribution in [0.1, 0.15) is 0 Å². The summed E-state index contributed by atoms with van der Waals surface area (Å²) in [7, 11) is -1.22. The Labute approximate surface area is 100 Å². The Morgan fingerprint density at radius 3 is 0.727 bits per heavy atom. The summed E-state index contributed by atoms with van der Waals surface area (Å²) in [4.78, 5) is 0. The van der Waals surface area contributed by atoms with Crippen molar-refractivity contribution in [1.29, 1.82) is 0 Å². The summed E-state index contributed by atoms with van der Waals surface area (Å²) in [5.74, 6) is 0. The van der Waals surface area contributed by atoms with Crippen LogP contribution in [-0.4, -0.2) is 33.4 Å². The summed E-state index contributed by atoms with van der Waals surface area (Å²) < 4.78 is 19.1. The van der Waals surface area contributed by atoms with E-state index in [1.165, 1.54) is 0 Å². The van der Waals surface area contributed by atoms with Gasteiger partial charge in [0, 0.05) is 67.7 Å². The second kappa shape index (κ2) is 22.6. The molecule has 0 spiro atoms. The molecular formula is C4H12Cl2O2PtS2-2. The van der Waals surface area contributed by atoms with E-state index in [0.29, 0.717) is 0 Å². The minimum Gasteiger partial charge on any atom is -1.00 e. The first-order valence-corrected chi connectivity index (χ1v) is 5.90. The summed E-state index contributed by atoms with van der Waals surface area (Å²) in [6, 6.07) is 0. The normalized spacial score (nSPS) is 6.36. The first-order valence-electron chi connectivity index (χ1n) is 1.97. The van der Waals surface area contributed by atoms with Gasteiger partial charge in [-0.3, -0.25) is 8.42 Å². The summed E-state index contributed by atoms with van der Waals surface area (Å²) >= 11 is 0.